The monoisotopic (exact) mass is 295 g/mol. The number of fused-ring (bicyclic) bond motifs is 1. The third kappa shape index (κ3) is 3.11. The summed E-state index contributed by atoms with van der Waals surface area (Å²) >= 11 is 5.87. The average Bonchev–Trinajstić information content (AvgIpc) is 2.79. The molecule has 0 saturated heterocycles. The number of carbonyl (C=O) groups excluding carboxylic acids is 1. The van der Waals surface area contributed by atoms with Gasteiger partial charge in [-0.3, -0.25) is 9.59 Å². The van der Waals surface area contributed by atoms with Crippen molar-refractivity contribution < 1.29 is 19.1 Å². The second-order valence-electron chi connectivity index (χ2n) is 4.41. The molecule has 1 heterocycles. The molecule has 0 unspecified atom stereocenters. The maximum absolute atomic E-state index is 12.3. The highest BCUT2D eigenvalue weighted by Gasteiger charge is 2.21. The molecule has 1 amide bonds. The van der Waals surface area contributed by atoms with E-state index in [1.165, 1.54) is 4.90 Å². The number of nitrogens with zero attached hydrogens (tertiary/aromatic N) is 1. The van der Waals surface area contributed by atoms with Crippen molar-refractivity contribution in [1.29, 1.82) is 0 Å². The highest BCUT2D eigenvalue weighted by atomic mass is 35.5. The van der Waals surface area contributed by atoms with Crippen LogP contribution in [0.5, 0.6) is 0 Å². The van der Waals surface area contributed by atoms with Gasteiger partial charge in [0.05, 0.1) is 0 Å². The molecule has 5 nitrogen and oxygen atoms in total. The molecule has 20 heavy (non-hydrogen) atoms. The molecule has 6 heteroatoms. The molecular formula is C14H14ClNO4. The lowest BCUT2D eigenvalue weighted by molar-refractivity contribution is -0.137. The average molecular weight is 296 g/mol. The van der Waals surface area contributed by atoms with Gasteiger partial charge in [-0.15, -0.1) is 0 Å². The normalized spacial score (nSPS) is 10.7. The molecule has 0 atom stereocenters. The van der Waals surface area contributed by atoms with Crippen LogP contribution in [0.3, 0.4) is 0 Å². The highest BCUT2D eigenvalue weighted by molar-refractivity contribution is 6.31. The molecule has 0 aliphatic rings. The zero-order chi connectivity index (χ0) is 14.7. The van der Waals surface area contributed by atoms with Crippen LogP contribution in [0, 0.1) is 0 Å². The van der Waals surface area contributed by atoms with Gasteiger partial charge < -0.3 is 14.4 Å². The number of rotatable bonds is 5. The van der Waals surface area contributed by atoms with E-state index < -0.39 is 11.9 Å². The molecule has 1 aromatic carbocycles. The van der Waals surface area contributed by atoms with E-state index in [1.807, 2.05) is 6.92 Å². The first-order valence-corrected chi connectivity index (χ1v) is 6.59. The number of hydrogen-bond donors (Lipinski definition) is 1. The van der Waals surface area contributed by atoms with E-state index in [2.05, 4.69) is 0 Å². The Morgan fingerprint density at radius 3 is 2.75 bits per heavy atom. The lowest BCUT2D eigenvalue weighted by atomic mass is 10.2. The Bertz CT molecular complexity index is 650. The van der Waals surface area contributed by atoms with Gasteiger partial charge in [0.2, 0.25) is 0 Å². The summed E-state index contributed by atoms with van der Waals surface area (Å²) in [5.41, 5.74) is 0.546. The number of benzene rings is 1. The predicted molar refractivity (Wildman–Crippen MR) is 75.1 cm³/mol. The van der Waals surface area contributed by atoms with E-state index in [-0.39, 0.29) is 12.3 Å². The summed E-state index contributed by atoms with van der Waals surface area (Å²) in [7, 11) is 0. The predicted octanol–water partition coefficient (Wildman–Crippen LogP) is 3.02. The van der Waals surface area contributed by atoms with Crippen LogP contribution >= 0.6 is 11.6 Å². The lowest BCUT2D eigenvalue weighted by Crippen LogP contribution is -2.36. The number of hydrogen-bond acceptors (Lipinski definition) is 3. The molecule has 0 bridgehead atoms. The molecule has 0 aliphatic heterocycles. The summed E-state index contributed by atoms with van der Waals surface area (Å²) in [6.07, 6.45) is 0.672. The fourth-order valence-electron chi connectivity index (χ4n) is 1.96. The van der Waals surface area contributed by atoms with Crippen molar-refractivity contribution in [3.8, 4) is 0 Å². The Balaban J connectivity index is 2.30. The maximum Gasteiger partial charge on any atom is 0.323 e. The topological polar surface area (TPSA) is 70.8 Å². The molecule has 0 fully saturated rings. The third-order valence-electron chi connectivity index (χ3n) is 2.80. The summed E-state index contributed by atoms with van der Waals surface area (Å²) in [5, 5.41) is 10.1. The van der Waals surface area contributed by atoms with E-state index >= 15 is 0 Å². The minimum atomic E-state index is -1.05. The number of halogens is 1. The lowest BCUT2D eigenvalue weighted by Gasteiger charge is -2.18. The van der Waals surface area contributed by atoms with Gasteiger partial charge in [0.15, 0.2) is 5.76 Å². The number of carboxylic acid groups (broad SMARTS) is 1. The standard InChI is InChI=1S/C14H14ClNO4/c1-2-5-16(8-13(17)18)14(19)12-7-9-6-10(15)3-4-11(9)20-12/h3-4,6-7H,2,5,8H2,1H3,(H,17,18). The van der Waals surface area contributed by atoms with Gasteiger partial charge in [-0.1, -0.05) is 18.5 Å². The van der Waals surface area contributed by atoms with E-state index in [0.717, 1.165) is 0 Å². The van der Waals surface area contributed by atoms with Crippen molar-refractivity contribution in [3.05, 3.63) is 35.0 Å². The Kier molecular flexibility index (Phi) is 4.29. The second kappa shape index (κ2) is 5.96. The maximum atomic E-state index is 12.3. The summed E-state index contributed by atoms with van der Waals surface area (Å²) in [5.74, 6) is -1.36. The molecule has 0 radical (unpaired) electrons. The van der Waals surface area contributed by atoms with Crippen LogP contribution in [0.15, 0.2) is 28.7 Å². The Morgan fingerprint density at radius 2 is 2.10 bits per heavy atom. The number of furan rings is 1. The van der Waals surface area contributed by atoms with Crippen molar-refractivity contribution >= 4 is 34.4 Å². The minimum Gasteiger partial charge on any atom is -0.480 e. The van der Waals surface area contributed by atoms with Gasteiger partial charge in [0.1, 0.15) is 12.1 Å². The van der Waals surface area contributed by atoms with E-state index in [4.69, 9.17) is 21.1 Å². The smallest absolute Gasteiger partial charge is 0.323 e. The van der Waals surface area contributed by atoms with Gasteiger partial charge in [0, 0.05) is 17.0 Å². The molecule has 0 spiro atoms. The second-order valence-corrected chi connectivity index (χ2v) is 4.85. The first kappa shape index (κ1) is 14.4. The Morgan fingerprint density at radius 1 is 1.35 bits per heavy atom. The fraction of sp³-hybridized carbons (Fsp3) is 0.286. The largest absolute Gasteiger partial charge is 0.480 e. The van der Waals surface area contributed by atoms with Crippen molar-refractivity contribution in [2.24, 2.45) is 0 Å². The van der Waals surface area contributed by atoms with Crippen molar-refractivity contribution in [2.75, 3.05) is 13.1 Å². The van der Waals surface area contributed by atoms with Gasteiger partial charge in [-0.2, -0.15) is 0 Å². The minimum absolute atomic E-state index is 0.122. The van der Waals surface area contributed by atoms with E-state index in [1.54, 1.807) is 24.3 Å². The van der Waals surface area contributed by atoms with Gasteiger partial charge in [-0.25, -0.2) is 0 Å². The molecule has 1 N–H and O–H groups in total. The first-order chi connectivity index (χ1) is 9.51. The van der Waals surface area contributed by atoms with Crippen molar-refractivity contribution in [3.63, 3.8) is 0 Å². The Hall–Kier alpha value is -2.01. The number of carbonyl (C=O) groups is 2. The fourth-order valence-corrected chi connectivity index (χ4v) is 2.14. The van der Waals surface area contributed by atoms with Crippen LogP contribution < -0.4 is 0 Å². The van der Waals surface area contributed by atoms with Gasteiger partial charge in [-0.05, 0) is 30.7 Å². The Labute approximate surface area is 120 Å². The number of carboxylic acids is 1. The molecule has 2 aromatic rings. The molecular weight excluding hydrogens is 282 g/mol. The molecule has 0 aliphatic carbocycles. The zero-order valence-corrected chi connectivity index (χ0v) is 11.7. The number of amides is 1. The number of aliphatic carboxylic acids is 1. The highest BCUT2D eigenvalue weighted by Crippen LogP contribution is 2.23. The summed E-state index contributed by atoms with van der Waals surface area (Å²) in [4.78, 5) is 24.3. The first-order valence-electron chi connectivity index (χ1n) is 6.21. The zero-order valence-electron chi connectivity index (χ0n) is 10.9. The van der Waals surface area contributed by atoms with Gasteiger partial charge >= 0.3 is 5.97 Å². The summed E-state index contributed by atoms with van der Waals surface area (Å²) in [6.45, 7) is 1.90. The van der Waals surface area contributed by atoms with Crippen molar-refractivity contribution in [2.45, 2.75) is 13.3 Å². The SMILES string of the molecule is CCCN(CC(=O)O)C(=O)c1cc2cc(Cl)ccc2o1. The van der Waals surface area contributed by atoms with E-state index in [0.29, 0.717) is 29.0 Å². The summed E-state index contributed by atoms with van der Waals surface area (Å²) in [6, 6.07) is 6.62. The van der Waals surface area contributed by atoms with Gasteiger partial charge in [0.25, 0.3) is 5.91 Å². The molecule has 106 valence electrons. The van der Waals surface area contributed by atoms with Crippen LogP contribution in [0.25, 0.3) is 11.0 Å². The van der Waals surface area contributed by atoms with E-state index in [9.17, 15) is 9.59 Å². The molecule has 0 saturated carbocycles. The van der Waals surface area contributed by atoms with Crippen LogP contribution in [0.2, 0.25) is 5.02 Å². The third-order valence-corrected chi connectivity index (χ3v) is 3.03. The van der Waals surface area contributed by atoms with Crippen LogP contribution in [0.4, 0.5) is 0 Å². The van der Waals surface area contributed by atoms with Crippen LogP contribution in [-0.4, -0.2) is 35.0 Å². The molecule has 1 aromatic heterocycles. The molecule has 2 rings (SSSR count). The quantitative estimate of drug-likeness (QED) is 0.920. The van der Waals surface area contributed by atoms with Crippen LogP contribution in [-0.2, 0) is 4.79 Å². The summed E-state index contributed by atoms with van der Waals surface area (Å²) < 4.78 is 5.45. The van der Waals surface area contributed by atoms with Crippen molar-refractivity contribution in [1.82, 2.24) is 4.90 Å². The van der Waals surface area contributed by atoms with Crippen LogP contribution in [0.1, 0.15) is 23.9 Å².